The van der Waals surface area contributed by atoms with Crippen LogP contribution in [0.4, 0.5) is 0 Å². The topological polar surface area (TPSA) is 49.9 Å². The highest BCUT2D eigenvalue weighted by molar-refractivity contribution is 5.66. The maximum atomic E-state index is 7.05. The van der Waals surface area contributed by atoms with Gasteiger partial charge in [0.25, 0.3) is 5.96 Å². The van der Waals surface area contributed by atoms with Crippen LogP contribution in [0.15, 0.2) is 0 Å². The van der Waals surface area contributed by atoms with Gasteiger partial charge in [-0.3, -0.25) is 4.48 Å². The van der Waals surface area contributed by atoms with Crippen LogP contribution in [0.25, 0.3) is 0 Å². The van der Waals surface area contributed by atoms with Crippen LogP contribution in [-0.2, 0) is 0 Å². The van der Waals surface area contributed by atoms with Gasteiger partial charge in [-0.15, -0.1) is 0 Å². The zero-order valence-electron chi connectivity index (χ0n) is 5.73. The summed E-state index contributed by atoms with van der Waals surface area (Å²) < 4.78 is 0.486. The normalized spacial score (nSPS) is 11.4. The first-order chi connectivity index (χ1) is 3.50. The molecule has 0 unspecified atom stereocenters. The van der Waals surface area contributed by atoms with Crippen molar-refractivity contribution in [2.75, 3.05) is 20.6 Å². The van der Waals surface area contributed by atoms with Crippen molar-refractivity contribution in [3.63, 3.8) is 0 Å². The molecule has 0 radical (unpaired) electrons. The van der Waals surface area contributed by atoms with Crippen molar-refractivity contribution in [3.05, 3.63) is 0 Å². The molecule has 0 saturated heterocycles. The van der Waals surface area contributed by atoms with Gasteiger partial charge in [-0.2, -0.15) is 0 Å². The Bertz CT molecular complexity index is 95.8. The van der Waals surface area contributed by atoms with Gasteiger partial charge in [0.15, 0.2) is 0 Å². The maximum Gasteiger partial charge on any atom is 0.291 e. The van der Waals surface area contributed by atoms with Crippen molar-refractivity contribution in [1.82, 2.24) is 0 Å². The molecule has 0 rings (SSSR count). The molecule has 0 aliphatic rings. The molecule has 0 heterocycles. The minimum atomic E-state index is 0.215. The third-order valence-electron chi connectivity index (χ3n) is 1.44. The summed E-state index contributed by atoms with van der Waals surface area (Å²) in [5.41, 5.74) is 5.24. The summed E-state index contributed by atoms with van der Waals surface area (Å²) in [6.45, 7) is 2.87. The van der Waals surface area contributed by atoms with Crippen LogP contribution in [0.3, 0.4) is 0 Å². The molecule has 0 aliphatic heterocycles. The van der Waals surface area contributed by atoms with Crippen LogP contribution in [-0.4, -0.2) is 31.1 Å². The minimum absolute atomic E-state index is 0.215. The van der Waals surface area contributed by atoms with E-state index in [0.717, 1.165) is 6.54 Å². The quantitative estimate of drug-likeness (QED) is 0.282. The van der Waals surface area contributed by atoms with Gasteiger partial charge in [0.05, 0.1) is 20.6 Å². The molecular weight excluding hydrogens is 102 g/mol. The van der Waals surface area contributed by atoms with E-state index >= 15 is 0 Å². The smallest absolute Gasteiger partial charge is 0.291 e. The number of rotatable bonds is 1. The van der Waals surface area contributed by atoms with E-state index in [4.69, 9.17) is 11.1 Å². The van der Waals surface area contributed by atoms with E-state index in [9.17, 15) is 0 Å². The molecule has 3 N–H and O–H groups in total. The SMILES string of the molecule is CC[N+](C)(C)C(=N)N. The van der Waals surface area contributed by atoms with Crippen LogP contribution in [0.1, 0.15) is 6.92 Å². The van der Waals surface area contributed by atoms with Gasteiger partial charge in [-0.05, 0) is 6.92 Å². The molecule has 0 aliphatic carbocycles. The molecule has 0 atom stereocenters. The van der Waals surface area contributed by atoms with E-state index in [1.165, 1.54) is 0 Å². The molecule has 3 nitrogen and oxygen atoms in total. The fourth-order valence-electron chi connectivity index (χ4n) is 0.170. The predicted molar refractivity (Wildman–Crippen MR) is 34.6 cm³/mol. The number of hydrogen-bond acceptors (Lipinski definition) is 1. The van der Waals surface area contributed by atoms with Crippen LogP contribution < -0.4 is 5.73 Å². The Morgan fingerprint density at radius 3 is 2.00 bits per heavy atom. The standard InChI is InChI=1S/C5H14N3/c1-4-8(2,3)5(6)7/h4H2,1-3H3,(H3,6,7)/q+1. The van der Waals surface area contributed by atoms with Gasteiger partial charge in [-0.25, -0.2) is 5.41 Å². The average Bonchev–Trinajstić information content (AvgIpc) is 1.67. The molecule has 0 saturated carbocycles. The van der Waals surface area contributed by atoms with Crippen LogP contribution in [0.5, 0.6) is 0 Å². The summed E-state index contributed by atoms with van der Waals surface area (Å²) >= 11 is 0. The van der Waals surface area contributed by atoms with Crippen molar-refractivity contribution in [1.29, 1.82) is 5.41 Å². The zero-order valence-corrected chi connectivity index (χ0v) is 5.73. The minimum Gasteiger partial charge on any atom is -0.338 e. The number of nitrogens with two attached hydrogens (primary N) is 1. The number of nitrogens with zero attached hydrogens (tertiary/aromatic N) is 1. The highest BCUT2D eigenvalue weighted by Crippen LogP contribution is 1.90. The summed E-state index contributed by atoms with van der Waals surface area (Å²) in [7, 11) is 3.81. The van der Waals surface area contributed by atoms with Gasteiger partial charge < -0.3 is 5.73 Å². The summed E-state index contributed by atoms with van der Waals surface area (Å²) in [5.74, 6) is 0.215. The number of guanidine groups is 1. The van der Waals surface area contributed by atoms with Crippen molar-refractivity contribution in [3.8, 4) is 0 Å². The summed E-state index contributed by atoms with van der Waals surface area (Å²) in [4.78, 5) is 0. The highest BCUT2D eigenvalue weighted by Gasteiger charge is 2.14. The average molecular weight is 116 g/mol. The monoisotopic (exact) mass is 116 g/mol. The molecule has 0 spiro atoms. The van der Waals surface area contributed by atoms with Gasteiger partial charge >= 0.3 is 0 Å². The summed E-state index contributed by atoms with van der Waals surface area (Å²) in [5, 5.41) is 7.05. The first kappa shape index (κ1) is 7.43. The number of nitrogens with one attached hydrogen (secondary N) is 1. The van der Waals surface area contributed by atoms with E-state index in [-0.39, 0.29) is 5.96 Å². The summed E-state index contributed by atoms with van der Waals surface area (Å²) in [6, 6.07) is 0. The largest absolute Gasteiger partial charge is 0.338 e. The van der Waals surface area contributed by atoms with Crippen molar-refractivity contribution in [2.24, 2.45) is 5.73 Å². The van der Waals surface area contributed by atoms with E-state index in [0.29, 0.717) is 4.48 Å². The fraction of sp³-hybridized carbons (Fsp3) is 0.800. The Balaban J connectivity index is 3.91. The molecule has 0 amide bonds. The molecule has 3 heteroatoms. The van der Waals surface area contributed by atoms with E-state index in [1.807, 2.05) is 21.0 Å². The summed E-state index contributed by atoms with van der Waals surface area (Å²) in [6.07, 6.45) is 0. The lowest BCUT2D eigenvalue weighted by Gasteiger charge is -2.24. The Hall–Kier alpha value is -0.570. The second-order valence-corrected chi connectivity index (χ2v) is 2.39. The van der Waals surface area contributed by atoms with Gasteiger partial charge in [0, 0.05) is 0 Å². The first-order valence-corrected chi connectivity index (χ1v) is 2.68. The highest BCUT2D eigenvalue weighted by atomic mass is 15.4. The second-order valence-electron chi connectivity index (χ2n) is 2.39. The predicted octanol–water partition coefficient (Wildman–Crippen LogP) is -0.0238. The molecule has 0 aromatic carbocycles. The maximum absolute atomic E-state index is 7.05. The van der Waals surface area contributed by atoms with Crippen molar-refractivity contribution >= 4 is 5.96 Å². The lowest BCUT2D eigenvalue weighted by atomic mass is 10.5. The zero-order chi connectivity index (χ0) is 6.78. The molecule has 0 aromatic rings. The van der Waals surface area contributed by atoms with E-state index in [2.05, 4.69) is 0 Å². The molecule has 0 aromatic heterocycles. The third kappa shape index (κ3) is 1.50. The molecule has 48 valence electrons. The van der Waals surface area contributed by atoms with Crippen molar-refractivity contribution in [2.45, 2.75) is 6.92 Å². The van der Waals surface area contributed by atoms with Crippen LogP contribution in [0, 0.1) is 5.41 Å². The van der Waals surface area contributed by atoms with E-state index < -0.39 is 0 Å². The Morgan fingerprint density at radius 2 is 2.00 bits per heavy atom. The fourth-order valence-corrected chi connectivity index (χ4v) is 0.170. The van der Waals surface area contributed by atoms with Crippen molar-refractivity contribution < 1.29 is 4.48 Å². The number of hydrogen-bond donors (Lipinski definition) is 2. The third-order valence-corrected chi connectivity index (χ3v) is 1.44. The molecule has 0 bridgehead atoms. The number of quaternary nitrogens is 1. The molecular formula is C5H14N3+. The lowest BCUT2D eigenvalue weighted by Crippen LogP contribution is -2.49. The first-order valence-electron chi connectivity index (χ1n) is 2.68. The molecule has 0 fully saturated rings. The second kappa shape index (κ2) is 2.13. The Labute approximate surface area is 50.2 Å². The van der Waals surface area contributed by atoms with Crippen LogP contribution >= 0.6 is 0 Å². The Morgan fingerprint density at radius 1 is 1.62 bits per heavy atom. The van der Waals surface area contributed by atoms with Crippen LogP contribution in [0.2, 0.25) is 0 Å². The van der Waals surface area contributed by atoms with Gasteiger partial charge in [0.2, 0.25) is 0 Å². The van der Waals surface area contributed by atoms with Gasteiger partial charge in [0.1, 0.15) is 0 Å². The lowest BCUT2D eigenvalue weighted by molar-refractivity contribution is -0.799. The van der Waals surface area contributed by atoms with Gasteiger partial charge in [-0.1, -0.05) is 0 Å². The Kier molecular flexibility index (Phi) is 1.98. The van der Waals surface area contributed by atoms with E-state index in [1.54, 1.807) is 0 Å². The molecule has 8 heavy (non-hydrogen) atoms.